The third-order valence-corrected chi connectivity index (χ3v) is 3.69. The lowest BCUT2D eigenvalue weighted by atomic mass is 9.87. The Labute approximate surface area is 111 Å². The SMILES string of the molecule is CCC(O)(CC)c1c(Br)ccc(C(F)(F)F)c1F. The van der Waals surface area contributed by atoms with Gasteiger partial charge in [0.2, 0.25) is 0 Å². The smallest absolute Gasteiger partial charge is 0.385 e. The van der Waals surface area contributed by atoms with E-state index < -0.39 is 23.2 Å². The van der Waals surface area contributed by atoms with E-state index in [-0.39, 0.29) is 22.9 Å². The number of hydrogen-bond donors (Lipinski definition) is 1. The molecule has 1 aromatic rings. The van der Waals surface area contributed by atoms with Gasteiger partial charge < -0.3 is 5.11 Å². The van der Waals surface area contributed by atoms with Crippen LogP contribution in [0.2, 0.25) is 0 Å². The summed E-state index contributed by atoms with van der Waals surface area (Å²) in [7, 11) is 0. The first kappa shape index (κ1) is 15.4. The Balaban J connectivity index is 3.54. The molecule has 0 aromatic heterocycles. The molecule has 0 bridgehead atoms. The van der Waals surface area contributed by atoms with Gasteiger partial charge in [-0.3, -0.25) is 0 Å². The van der Waals surface area contributed by atoms with E-state index in [1.807, 2.05) is 0 Å². The van der Waals surface area contributed by atoms with Gasteiger partial charge in [0.25, 0.3) is 0 Å². The number of hydrogen-bond acceptors (Lipinski definition) is 1. The van der Waals surface area contributed by atoms with Gasteiger partial charge in [-0.25, -0.2) is 4.39 Å². The number of aliphatic hydroxyl groups is 1. The minimum Gasteiger partial charge on any atom is -0.385 e. The van der Waals surface area contributed by atoms with Crippen molar-refractivity contribution in [2.24, 2.45) is 0 Å². The standard InChI is InChI=1S/C12H13BrF4O/c1-3-11(18,4-2)9-8(13)6-5-7(10(9)14)12(15,16)17/h5-6,18H,3-4H2,1-2H3. The minimum atomic E-state index is -4.78. The topological polar surface area (TPSA) is 20.2 Å². The Hall–Kier alpha value is -0.620. The van der Waals surface area contributed by atoms with Crippen molar-refractivity contribution in [3.05, 3.63) is 33.5 Å². The van der Waals surface area contributed by atoms with Crippen molar-refractivity contribution in [2.45, 2.75) is 38.5 Å². The lowest BCUT2D eigenvalue weighted by Gasteiger charge is -2.28. The molecule has 0 atom stereocenters. The maximum atomic E-state index is 14.0. The molecule has 6 heteroatoms. The van der Waals surface area contributed by atoms with Gasteiger partial charge in [-0.15, -0.1) is 0 Å². The van der Waals surface area contributed by atoms with Crippen molar-refractivity contribution in [2.75, 3.05) is 0 Å². The van der Waals surface area contributed by atoms with Crippen molar-refractivity contribution < 1.29 is 22.7 Å². The van der Waals surface area contributed by atoms with Crippen LogP contribution in [0, 0.1) is 5.82 Å². The number of rotatable bonds is 3. The van der Waals surface area contributed by atoms with E-state index in [2.05, 4.69) is 15.9 Å². The zero-order chi connectivity index (χ0) is 14.1. The molecule has 18 heavy (non-hydrogen) atoms. The Bertz CT molecular complexity index is 438. The first-order chi connectivity index (χ1) is 8.17. The average Bonchev–Trinajstić information content (AvgIpc) is 2.26. The van der Waals surface area contributed by atoms with Gasteiger partial charge in [0.05, 0.1) is 11.2 Å². The Morgan fingerprint density at radius 3 is 2.06 bits per heavy atom. The maximum absolute atomic E-state index is 14.0. The third kappa shape index (κ3) is 2.69. The molecular formula is C12H13BrF4O. The highest BCUT2D eigenvalue weighted by Gasteiger charge is 2.39. The zero-order valence-corrected chi connectivity index (χ0v) is 11.5. The number of halogens is 5. The maximum Gasteiger partial charge on any atom is 0.419 e. The van der Waals surface area contributed by atoms with Crippen LogP contribution in [0.1, 0.15) is 37.8 Å². The van der Waals surface area contributed by atoms with Crippen molar-refractivity contribution in [3.63, 3.8) is 0 Å². The first-order valence-corrected chi connectivity index (χ1v) is 6.24. The third-order valence-electron chi connectivity index (χ3n) is 3.03. The van der Waals surface area contributed by atoms with Crippen LogP contribution >= 0.6 is 15.9 Å². The second kappa shape index (κ2) is 5.17. The van der Waals surface area contributed by atoms with Crippen LogP contribution < -0.4 is 0 Å². The minimum absolute atomic E-state index is 0.125. The predicted octanol–water partition coefficient (Wildman–Crippen LogP) is 4.61. The quantitative estimate of drug-likeness (QED) is 0.803. The molecule has 0 fully saturated rings. The molecule has 102 valence electrons. The van der Waals surface area contributed by atoms with E-state index in [1.165, 1.54) is 0 Å². The molecule has 1 aromatic carbocycles. The van der Waals surface area contributed by atoms with Gasteiger partial charge in [-0.2, -0.15) is 13.2 Å². The summed E-state index contributed by atoms with van der Waals surface area (Å²) in [5, 5.41) is 10.2. The summed E-state index contributed by atoms with van der Waals surface area (Å²) in [4.78, 5) is 0. The van der Waals surface area contributed by atoms with Crippen LogP contribution in [0.5, 0.6) is 0 Å². The average molecular weight is 329 g/mol. The van der Waals surface area contributed by atoms with E-state index in [1.54, 1.807) is 13.8 Å². The van der Waals surface area contributed by atoms with Crippen molar-refractivity contribution >= 4 is 15.9 Å². The molecule has 0 saturated heterocycles. The molecule has 0 spiro atoms. The van der Waals surface area contributed by atoms with Crippen LogP contribution in [0.4, 0.5) is 17.6 Å². The summed E-state index contributed by atoms with van der Waals surface area (Å²) >= 11 is 3.00. The Kier molecular flexibility index (Phi) is 4.43. The Morgan fingerprint density at radius 1 is 1.17 bits per heavy atom. The fraction of sp³-hybridized carbons (Fsp3) is 0.500. The van der Waals surface area contributed by atoms with E-state index >= 15 is 0 Å². The van der Waals surface area contributed by atoms with Crippen LogP contribution in [0.15, 0.2) is 16.6 Å². The van der Waals surface area contributed by atoms with Crippen molar-refractivity contribution in [1.29, 1.82) is 0 Å². The van der Waals surface area contributed by atoms with E-state index in [4.69, 9.17) is 0 Å². The first-order valence-electron chi connectivity index (χ1n) is 5.45. The molecule has 0 radical (unpaired) electrons. The summed E-state index contributed by atoms with van der Waals surface area (Å²) in [5.74, 6) is -1.41. The van der Waals surface area contributed by atoms with Crippen molar-refractivity contribution in [1.82, 2.24) is 0 Å². The fourth-order valence-electron chi connectivity index (χ4n) is 1.80. The Morgan fingerprint density at radius 2 is 1.67 bits per heavy atom. The second-order valence-corrected chi connectivity index (χ2v) is 4.87. The van der Waals surface area contributed by atoms with E-state index in [0.717, 1.165) is 6.07 Å². The highest BCUT2D eigenvalue weighted by atomic mass is 79.9. The van der Waals surface area contributed by atoms with E-state index in [9.17, 15) is 22.7 Å². The molecule has 0 heterocycles. The summed E-state index contributed by atoms with van der Waals surface area (Å²) in [5.41, 5.74) is -3.30. The highest BCUT2D eigenvalue weighted by molar-refractivity contribution is 9.10. The molecule has 1 nitrogen and oxygen atoms in total. The molecular weight excluding hydrogens is 316 g/mol. The summed E-state index contributed by atoms with van der Waals surface area (Å²) in [6.07, 6.45) is -4.53. The second-order valence-electron chi connectivity index (χ2n) is 4.02. The number of alkyl halides is 3. The molecule has 0 aliphatic rings. The molecule has 0 saturated carbocycles. The molecule has 0 unspecified atom stereocenters. The lowest BCUT2D eigenvalue weighted by Crippen LogP contribution is -2.27. The van der Waals surface area contributed by atoms with Crippen LogP contribution in [-0.4, -0.2) is 5.11 Å². The molecule has 1 N–H and O–H groups in total. The van der Waals surface area contributed by atoms with Gasteiger partial charge in [0.1, 0.15) is 5.82 Å². The largest absolute Gasteiger partial charge is 0.419 e. The molecule has 0 aliphatic heterocycles. The molecule has 1 rings (SSSR count). The monoisotopic (exact) mass is 328 g/mol. The van der Waals surface area contributed by atoms with Gasteiger partial charge in [0.15, 0.2) is 0 Å². The van der Waals surface area contributed by atoms with Gasteiger partial charge in [-0.1, -0.05) is 29.8 Å². The molecule has 0 amide bonds. The van der Waals surface area contributed by atoms with Gasteiger partial charge in [0, 0.05) is 10.0 Å². The molecule has 0 aliphatic carbocycles. The predicted molar refractivity (Wildman–Crippen MR) is 63.6 cm³/mol. The summed E-state index contributed by atoms with van der Waals surface area (Å²) < 4.78 is 52.0. The number of benzene rings is 1. The van der Waals surface area contributed by atoms with Crippen LogP contribution in [-0.2, 0) is 11.8 Å². The zero-order valence-electron chi connectivity index (χ0n) is 9.91. The van der Waals surface area contributed by atoms with E-state index in [0.29, 0.717) is 6.07 Å². The fourth-order valence-corrected chi connectivity index (χ4v) is 2.48. The summed E-state index contributed by atoms with van der Waals surface area (Å²) in [6.45, 7) is 3.19. The van der Waals surface area contributed by atoms with Gasteiger partial charge >= 0.3 is 6.18 Å². The highest BCUT2D eigenvalue weighted by Crippen LogP contribution is 2.41. The van der Waals surface area contributed by atoms with Crippen LogP contribution in [0.3, 0.4) is 0 Å². The normalized spacial score (nSPS) is 12.9. The lowest BCUT2D eigenvalue weighted by molar-refractivity contribution is -0.140. The van der Waals surface area contributed by atoms with Crippen molar-refractivity contribution in [3.8, 4) is 0 Å². The summed E-state index contributed by atoms with van der Waals surface area (Å²) in [6, 6.07) is 1.77. The van der Waals surface area contributed by atoms with Crippen LogP contribution in [0.25, 0.3) is 0 Å². The van der Waals surface area contributed by atoms with Gasteiger partial charge in [-0.05, 0) is 25.0 Å².